The molecular formula is C20H23IN2O2. The number of likely N-dealkylation sites (N-methyl/N-ethyl adjacent to an activating group) is 1. The molecule has 0 aliphatic rings. The maximum Gasteiger partial charge on any atom is 0.269 e. The van der Waals surface area contributed by atoms with E-state index in [1.54, 1.807) is 13.1 Å². The number of nitrogens with zero attached hydrogens (tertiary/aromatic N) is 2. The molecule has 5 heteroatoms. The topological polar surface area (TPSA) is 32.8 Å². The van der Waals surface area contributed by atoms with E-state index in [0.29, 0.717) is 0 Å². The maximum absolute atomic E-state index is 11.9. The van der Waals surface area contributed by atoms with Crippen molar-refractivity contribution < 1.29 is 9.63 Å². The van der Waals surface area contributed by atoms with Crippen LogP contribution in [-0.2, 0) is 9.63 Å². The van der Waals surface area contributed by atoms with Crippen LogP contribution in [0.25, 0.3) is 0 Å². The van der Waals surface area contributed by atoms with Crippen LogP contribution in [-0.4, -0.2) is 32.2 Å². The Balaban J connectivity index is 2.24. The molecule has 2 aromatic rings. The lowest BCUT2D eigenvalue weighted by molar-refractivity contribution is -0.162. The van der Waals surface area contributed by atoms with Gasteiger partial charge in [0.2, 0.25) is 0 Å². The zero-order valence-electron chi connectivity index (χ0n) is 14.7. The van der Waals surface area contributed by atoms with Crippen LogP contribution in [0, 0.1) is 3.57 Å². The first kappa shape index (κ1) is 19.5. The summed E-state index contributed by atoms with van der Waals surface area (Å²) in [6, 6.07) is 18.8. The van der Waals surface area contributed by atoms with Gasteiger partial charge < -0.3 is 4.90 Å². The number of amides is 1. The summed E-state index contributed by atoms with van der Waals surface area (Å²) >= 11 is 2.35. The molecule has 0 fully saturated rings. The molecule has 0 aromatic heterocycles. The molecule has 0 radical (unpaired) electrons. The second-order valence-corrected chi connectivity index (χ2v) is 6.81. The Hall–Kier alpha value is -1.86. The lowest BCUT2D eigenvalue weighted by atomic mass is 10.0. The number of rotatable bonds is 7. The van der Waals surface area contributed by atoms with E-state index in [9.17, 15) is 4.79 Å². The summed E-state index contributed by atoms with van der Waals surface area (Å²) in [4.78, 5) is 19.0. The van der Waals surface area contributed by atoms with Gasteiger partial charge in [0.1, 0.15) is 0 Å². The summed E-state index contributed by atoms with van der Waals surface area (Å²) in [5, 5.41) is 1.21. The van der Waals surface area contributed by atoms with E-state index in [1.807, 2.05) is 36.4 Å². The maximum atomic E-state index is 11.9. The Morgan fingerprint density at radius 2 is 1.76 bits per heavy atom. The van der Waals surface area contributed by atoms with Gasteiger partial charge in [0.05, 0.1) is 18.8 Å². The number of para-hydroxylation sites is 1. The van der Waals surface area contributed by atoms with Gasteiger partial charge >= 0.3 is 0 Å². The highest BCUT2D eigenvalue weighted by molar-refractivity contribution is 14.1. The number of benzene rings is 2. The molecule has 0 saturated heterocycles. The van der Waals surface area contributed by atoms with Crippen LogP contribution >= 0.6 is 22.6 Å². The first-order valence-corrected chi connectivity index (χ1v) is 9.13. The molecular weight excluding hydrogens is 427 g/mol. The van der Waals surface area contributed by atoms with Crippen molar-refractivity contribution >= 4 is 34.2 Å². The lowest BCUT2D eigenvalue weighted by Gasteiger charge is -2.30. The van der Waals surface area contributed by atoms with Crippen LogP contribution in [0.4, 0.5) is 5.69 Å². The quantitative estimate of drug-likeness (QED) is 0.356. The minimum atomic E-state index is -0.175. The van der Waals surface area contributed by atoms with Gasteiger partial charge in [0.25, 0.3) is 5.91 Å². The van der Waals surface area contributed by atoms with Crippen LogP contribution < -0.4 is 4.90 Å². The smallest absolute Gasteiger partial charge is 0.269 e. The van der Waals surface area contributed by atoms with Crippen LogP contribution in [0.2, 0.25) is 0 Å². The Labute approximate surface area is 163 Å². The average molecular weight is 450 g/mol. The Morgan fingerprint density at radius 3 is 2.40 bits per heavy atom. The second kappa shape index (κ2) is 9.58. The molecule has 0 spiro atoms. The third-order valence-electron chi connectivity index (χ3n) is 4.09. The molecule has 0 aliphatic carbocycles. The number of carbonyl (C=O) groups excluding carboxylic acids is 1. The van der Waals surface area contributed by atoms with Crippen molar-refractivity contribution in [3.63, 3.8) is 0 Å². The monoisotopic (exact) mass is 450 g/mol. The minimum absolute atomic E-state index is 0.133. The van der Waals surface area contributed by atoms with Gasteiger partial charge in [-0.05, 0) is 46.7 Å². The average Bonchev–Trinajstić information content (AvgIpc) is 2.65. The van der Waals surface area contributed by atoms with Crippen molar-refractivity contribution in [1.29, 1.82) is 0 Å². The molecule has 0 aliphatic heterocycles. The molecule has 4 nitrogen and oxygen atoms in total. The molecule has 1 unspecified atom stereocenters. The fourth-order valence-electron chi connectivity index (χ4n) is 2.59. The van der Waals surface area contributed by atoms with Gasteiger partial charge in [0.15, 0.2) is 0 Å². The van der Waals surface area contributed by atoms with E-state index in [1.165, 1.54) is 27.0 Å². The number of halogens is 1. The first-order valence-electron chi connectivity index (χ1n) is 8.05. The highest BCUT2D eigenvalue weighted by Gasteiger charge is 2.18. The normalized spacial score (nSPS) is 12.2. The van der Waals surface area contributed by atoms with Crippen LogP contribution in [0.15, 0.2) is 66.7 Å². The number of hydrogen-bond donors (Lipinski definition) is 0. The zero-order chi connectivity index (χ0) is 18.2. The van der Waals surface area contributed by atoms with Crippen molar-refractivity contribution in [2.45, 2.75) is 12.5 Å². The van der Waals surface area contributed by atoms with Crippen LogP contribution in [0.1, 0.15) is 18.0 Å². The molecule has 0 N–H and O–H groups in total. The van der Waals surface area contributed by atoms with Gasteiger partial charge in [-0.15, -0.1) is 0 Å². The Bertz CT molecular complexity index is 719. The van der Waals surface area contributed by atoms with Gasteiger partial charge in [-0.3, -0.25) is 9.63 Å². The summed E-state index contributed by atoms with van der Waals surface area (Å²) in [6.45, 7) is 0. The molecule has 2 rings (SSSR count). The summed E-state index contributed by atoms with van der Waals surface area (Å²) in [5.74, 6) is -0.175. The minimum Gasteiger partial charge on any atom is -0.366 e. The number of hydroxylamine groups is 2. The van der Waals surface area contributed by atoms with Crippen LogP contribution in [0.5, 0.6) is 0 Å². The SMILES string of the molecule is CON(C)C(=O)/C=C/CC(c1ccccc1)N(C)c1ccccc1I. The standard InChI is InChI=1S/C20H23IN2O2/c1-22(19-13-8-7-12-17(19)21)18(16-10-5-4-6-11-16)14-9-15-20(24)23(2)25-3/h4-13,15,18H,14H2,1-3H3/b15-9+. The van der Waals surface area contributed by atoms with E-state index in [2.05, 4.69) is 58.8 Å². The van der Waals surface area contributed by atoms with Gasteiger partial charge in [-0.25, -0.2) is 5.06 Å². The molecule has 132 valence electrons. The summed E-state index contributed by atoms with van der Waals surface area (Å²) < 4.78 is 1.20. The summed E-state index contributed by atoms with van der Waals surface area (Å²) in [6.07, 6.45) is 4.18. The largest absolute Gasteiger partial charge is 0.366 e. The van der Waals surface area contributed by atoms with Crippen molar-refractivity contribution in [3.05, 3.63) is 75.9 Å². The van der Waals surface area contributed by atoms with E-state index < -0.39 is 0 Å². The van der Waals surface area contributed by atoms with Crippen molar-refractivity contribution in [3.8, 4) is 0 Å². The highest BCUT2D eigenvalue weighted by atomic mass is 127. The number of anilines is 1. The van der Waals surface area contributed by atoms with Gasteiger partial charge in [0, 0.05) is 23.7 Å². The summed E-state index contributed by atoms with van der Waals surface area (Å²) in [7, 11) is 5.16. The van der Waals surface area contributed by atoms with Crippen molar-refractivity contribution in [2.75, 3.05) is 26.1 Å². The van der Waals surface area contributed by atoms with E-state index >= 15 is 0 Å². The van der Waals surface area contributed by atoms with Gasteiger partial charge in [-0.1, -0.05) is 48.5 Å². The molecule has 1 amide bonds. The summed E-state index contributed by atoms with van der Waals surface area (Å²) in [5.41, 5.74) is 2.38. The highest BCUT2D eigenvalue weighted by Crippen LogP contribution is 2.31. The number of hydrogen-bond acceptors (Lipinski definition) is 3. The lowest BCUT2D eigenvalue weighted by Crippen LogP contribution is -2.25. The Morgan fingerprint density at radius 1 is 1.12 bits per heavy atom. The Kier molecular flexibility index (Phi) is 7.46. The molecule has 0 bridgehead atoms. The van der Waals surface area contributed by atoms with Gasteiger partial charge in [-0.2, -0.15) is 0 Å². The number of carbonyl (C=O) groups is 1. The molecule has 2 aromatic carbocycles. The van der Waals surface area contributed by atoms with E-state index in [4.69, 9.17) is 4.84 Å². The van der Waals surface area contributed by atoms with Crippen molar-refractivity contribution in [2.24, 2.45) is 0 Å². The molecule has 0 heterocycles. The van der Waals surface area contributed by atoms with Crippen LogP contribution in [0.3, 0.4) is 0 Å². The third-order valence-corrected chi connectivity index (χ3v) is 5.00. The first-order chi connectivity index (χ1) is 12.0. The molecule has 25 heavy (non-hydrogen) atoms. The fourth-order valence-corrected chi connectivity index (χ4v) is 3.36. The van der Waals surface area contributed by atoms with E-state index in [-0.39, 0.29) is 11.9 Å². The molecule has 1 atom stereocenters. The third kappa shape index (κ3) is 5.31. The fraction of sp³-hybridized carbons (Fsp3) is 0.250. The predicted molar refractivity (Wildman–Crippen MR) is 110 cm³/mol. The van der Waals surface area contributed by atoms with E-state index in [0.717, 1.165) is 6.42 Å². The predicted octanol–water partition coefficient (Wildman–Crippen LogP) is 4.43. The second-order valence-electron chi connectivity index (χ2n) is 5.65. The van der Waals surface area contributed by atoms with Crippen molar-refractivity contribution in [1.82, 2.24) is 5.06 Å². The zero-order valence-corrected chi connectivity index (χ0v) is 16.9. The molecule has 0 saturated carbocycles.